The topological polar surface area (TPSA) is 0 Å². The van der Waals surface area contributed by atoms with Gasteiger partial charge in [-0.3, -0.25) is 0 Å². The normalized spacial score (nSPS) is 14.1. The summed E-state index contributed by atoms with van der Waals surface area (Å²) >= 11 is 0. The van der Waals surface area contributed by atoms with Gasteiger partial charge in [0.25, 0.3) is 0 Å². The summed E-state index contributed by atoms with van der Waals surface area (Å²) in [7, 11) is 0. The van der Waals surface area contributed by atoms with Crippen molar-refractivity contribution in [2.45, 2.75) is 92.7 Å². The lowest BCUT2D eigenvalue weighted by Crippen LogP contribution is -2.34. The van der Waals surface area contributed by atoms with E-state index in [-0.39, 0.29) is 5.41 Å². The van der Waals surface area contributed by atoms with Crippen LogP contribution >= 0.6 is 0 Å². The fourth-order valence-corrected chi connectivity index (χ4v) is 1.87. The highest BCUT2D eigenvalue weighted by molar-refractivity contribution is 4.85. The number of alkyl halides is 1. The Morgan fingerprint density at radius 3 is 1.41 bits per heavy atom. The predicted octanol–water partition coefficient (Wildman–Crippen LogP) is 6.15. The van der Waals surface area contributed by atoms with Gasteiger partial charge in [-0.25, -0.2) is 4.39 Å². The highest BCUT2D eigenvalue weighted by Crippen LogP contribution is 2.38. The fraction of sp³-hybridized carbons (Fsp3) is 1.00. The first-order valence-electron chi connectivity index (χ1n) is 7.15. The smallest absolute Gasteiger partial charge is 0.110 e. The van der Waals surface area contributed by atoms with Crippen molar-refractivity contribution < 1.29 is 4.39 Å². The largest absolute Gasteiger partial charge is 0.244 e. The van der Waals surface area contributed by atoms with Gasteiger partial charge in [-0.1, -0.05) is 60.3 Å². The van der Waals surface area contributed by atoms with Crippen molar-refractivity contribution in [2.75, 3.05) is 0 Å². The van der Waals surface area contributed by atoms with Crippen molar-refractivity contribution in [2.24, 2.45) is 10.8 Å². The Hall–Kier alpha value is -0.0700. The molecule has 0 aliphatic heterocycles. The summed E-state index contributed by atoms with van der Waals surface area (Å²) in [5.41, 5.74) is -0.810. The van der Waals surface area contributed by atoms with Gasteiger partial charge in [-0.05, 0) is 37.5 Å². The molecule has 0 N–H and O–H groups in total. The van der Waals surface area contributed by atoms with Gasteiger partial charge in [0.15, 0.2) is 0 Å². The average Bonchev–Trinajstić information content (AvgIpc) is 2.07. The molecule has 0 amide bonds. The molecule has 17 heavy (non-hydrogen) atoms. The molecule has 0 rings (SSSR count). The molecule has 0 radical (unpaired) electrons. The molecule has 0 unspecified atom stereocenters. The van der Waals surface area contributed by atoms with Crippen LogP contribution in [0.1, 0.15) is 87.0 Å². The van der Waals surface area contributed by atoms with Crippen LogP contribution < -0.4 is 0 Å². The molecule has 0 aromatic carbocycles. The average molecular weight is 244 g/mol. The van der Waals surface area contributed by atoms with Crippen LogP contribution in [-0.4, -0.2) is 5.67 Å². The second kappa shape index (κ2) is 6.20. The Kier molecular flexibility index (Phi) is 6.18. The van der Waals surface area contributed by atoms with E-state index in [4.69, 9.17) is 0 Å². The van der Waals surface area contributed by atoms with Gasteiger partial charge < -0.3 is 0 Å². The maximum atomic E-state index is 13.9. The lowest BCUT2D eigenvalue weighted by atomic mass is 9.75. The van der Waals surface area contributed by atoms with Crippen LogP contribution in [0.25, 0.3) is 0 Å². The highest BCUT2D eigenvalue weighted by atomic mass is 19.1. The van der Waals surface area contributed by atoms with Crippen LogP contribution in [0.2, 0.25) is 0 Å². The van der Waals surface area contributed by atoms with Crippen LogP contribution in [-0.2, 0) is 0 Å². The minimum Gasteiger partial charge on any atom is -0.244 e. The maximum absolute atomic E-state index is 13.9. The van der Waals surface area contributed by atoms with E-state index in [2.05, 4.69) is 20.8 Å². The van der Waals surface area contributed by atoms with Crippen molar-refractivity contribution in [1.82, 2.24) is 0 Å². The highest BCUT2D eigenvalue weighted by Gasteiger charge is 2.36. The van der Waals surface area contributed by atoms with Gasteiger partial charge in [-0.15, -0.1) is 0 Å². The van der Waals surface area contributed by atoms with Gasteiger partial charge in [-0.2, -0.15) is 0 Å². The zero-order valence-electron chi connectivity index (χ0n) is 13.1. The standard InChI is InChI=1S/C16H33F/c1-14(2,3)12-10-8-9-11-13-15(4,5)16(6,7)17/h8-13H2,1-7H3. The van der Waals surface area contributed by atoms with Gasteiger partial charge >= 0.3 is 0 Å². The summed E-state index contributed by atoms with van der Waals surface area (Å²) in [5.74, 6) is 0. The Labute approximate surface area is 108 Å². The zero-order valence-corrected chi connectivity index (χ0v) is 13.1. The molecule has 0 heterocycles. The summed E-state index contributed by atoms with van der Waals surface area (Å²) in [6, 6.07) is 0. The van der Waals surface area contributed by atoms with E-state index < -0.39 is 5.67 Å². The summed E-state index contributed by atoms with van der Waals surface area (Å²) in [4.78, 5) is 0. The van der Waals surface area contributed by atoms with Crippen molar-refractivity contribution in [3.63, 3.8) is 0 Å². The number of rotatable bonds is 7. The molecule has 0 saturated heterocycles. The first kappa shape index (κ1) is 16.9. The van der Waals surface area contributed by atoms with Crippen molar-refractivity contribution in [1.29, 1.82) is 0 Å². The molecular formula is C16H33F. The minimum absolute atomic E-state index is 0.197. The van der Waals surface area contributed by atoms with Crippen LogP contribution in [0.4, 0.5) is 4.39 Å². The predicted molar refractivity (Wildman–Crippen MR) is 76.1 cm³/mol. The van der Waals surface area contributed by atoms with Crippen LogP contribution in [0, 0.1) is 10.8 Å². The van der Waals surface area contributed by atoms with Crippen molar-refractivity contribution >= 4 is 0 Å². The van der Waals surface area contributed by atoms with E-state index in [0.29, 0.717) is 5.41 Å². The molecule has 0 spiro atoms. The summed E-state index contributed by atoms with van der Waals surface area (Å²) in [6.07, 6.45) is 7.29. The van der Waals surface area contributed by atoms with Crippen LogP contribution in [0.5, 0.6) is 0 Å². The molecular weight excluding hydrogens is 211 g/mol. The number of hydrogen-bond acceptors (Lipinski definition) is 0. The zero-order chi connectivity index (χ0) is 13.7. The van der Waals surface area contributed by atoms with Crippen molar-refractivity contribution in [3.8, 4) is 0 Å². The SMILES string of the molecule is CC(C)(C)CCCCCCC(C)(C)C(C)(C)F. The van der Waals surface area contributed by atoms with E-state index >= 15 is 0 Å². The molecule has 0 bridgehead atoms. The lowest BCUT2D eigenvalue weighted by Gasteiger charge is -2.35. The van der Waals surface area contributed by atoms with Crippen molar-refractivity contribution in [3.05, 3.63) is 0 Å². The fourth-order valence-electron chi connectivity index (χ4n) is 1.87. The van der Waals surface area contributed by atoms with Gasteiger partial charge in [0, 0.05) is 0 Å². The summed E-state index contributed by atoms with van der Waals surface area (Å²) < 4.78 is 13.9. The quantitative estimate of drug-likeness (QED) is 0.471. The molecule has 0 aromatic heterocycles. The molecule has 0 aromatic rings. The third kappa shape index (κ3) is 7.78. The van der Waals surface area contributed by atoms with E-state index in [1.165, 1.54) is 25.7 Å². The van der Waals surface area contributed by atoms with Crippen LogP contribution in [0.15, 0.2) is 0 Å². The van der Waals surface area contributed by atoms with E-state index in [9.17, 15) is 4.39 Å². The molecule has 104 valence electrons. The maximum Gasteiger partial charge on any atom is 0.110 e. The molecule has 0 atom stereocenters. The van der Waals surface area contributed by atoms with Gasteiger partial charge in [0.2, 0.25) is 0 Å². The van der Waals surface area contributed by atoms with Gasteiger partial charge in [0.05, 0.1) is 0 Å². The molecule has 0 aliphatic carbocycles. The Morgan fingerprint density at radius 2 is 1.06 bits per heavy atom. The summed E-state index contributed by atoms with van der Waals surface area (Å²) in [5, 5.41) is 0. The number of unbranched alkanes of at least 4 members (excludes halogenated alkanes) is 3. The van der Waals surface area contributed by atoms with E-state index in [0.717, 1.165) is 12.8 Å². The Bertz CT molecular complexity index is 203. The van der Waals surface area contributed by atoms with Gasteiger partial charge in [0.1, 0.15) is 5.67 Å². The second-order valence-corrected chi connectivity index (χ2v) is 7.83. The first-order chi connectivity index (χ1) is 7.46. The van der Waals surface area contributed by atoms with Crippen LogP contribution in [0.3, 0.4) is 0 Å². The molecule has 0 aliphatic rings. The molecule has 0 fully saturated rings. The monoisotopic (exact) mass is 244 g/mol. The third-order valence-electron chi connectivity index (χ3n) is 4.09. The third-order valence-corrected chi connectivity index (χ3v) is 4.09. The molecule has 0 saturated carbocycles. The summed E-state index contributed by atoms with van der Waals surface area (Å²) in [6.45, 7) is 14.4. The Morgan fingerprint density at radius 1 is 0.647 bits per heavy atom. The number of halogens is 1. The first-order valence-corrected chi connectivity index (χ1v) is 7.15. The van der Waals surface area contributed by atoms with E-state index in [1.54, 1.807) is 13.8 Å². The Balaban J connectivity index is 3.66. The van der Waals surface area contributed by atoms with E-state index in [1.807, 2.05) is 13.8 Å². The molecule has 0 nitrogen and oxygen atoms in total. The minimum atomic E-state index is -1.07. The number of hydrogen-bond donors (Lipinski definition) is 0. The second-order valence-electron chi connectivity index (χ2n) is 7.83. The lowest BCUT2D eigenvalue weighted by molar-refractivity contribution is 0.0430. The molecule has 1 heteroatoms.